The second-order valence-electron chi connectivity index (χ2n) is 11.5. The van der Waals surface area contributed by atoms with Gasteiger partial charge in [0.25, 0.3) is 0 Å². The molecule has 2 aromatic rings. The van der Waals surface area contributed by atoms with Crippen LogP contribution in [0.25, 0.3) is 0 Å². The van der Waals surface area contributed by atoms with E-state index in [2.05, 4.69) is 10.6 Å². The minimum atomic E-state index is -1.49. The molecule has 0 aliphatic heterocycles. The number of hydrogen-bond acceptors (Lipinski definition) is 12. The molecule has 256 valence electrons. The molecular weight excluding hydrogens is 616 g/mol. The smallest absolute Gasteiger partial charge is 0.315 e. The quantitative estimate of drug-likeness (QED) is 0.0693. The number of ketones is 2. The summed E-state index contributed by atoms with van der Waals surface area (Å²) in [5.74, 6) is -2.54. The maximum Gasteiger partial charge on any atom is 0.315 e. The van der Waals surface area contributed by atoms with Gasteiger partial charge in [-0.2, -0.15) is 0 Å². The van der Waals surface area contributed by atoms with Crippen LogP contribution in [0, 0.1) is 0 Å². The average Bonchev–Trinajstić information content (AvgIpc) is 2.98. The first-order chi connectivity index (χ1) is 22.0. The first-order valence-corrected chi connectivity index (χ1v) is 14.9. The largest absolute Gasteiger partial charge is 0.490 e. The minimum absolute atomic E-state index is 0.0101. The molecule has 0 saturated heterocycles. The van der Waals surface area contributed by atoms with Gasteiger partial charge in [0, 0.05) is 30.6 Å². The summed E-state index contributed by atoms with van der Waals surface area (Å²) in [4.78, 5) is 71.7. The van der Waals surface area contributed by atoms with Crippen molar-refractivity contribution in [2.24, 2.45) is 0 Å². The van der Waals surface area contributed by atoms with Crippen LogP contribution in [0.3, 0.4) is 0 Å². The number of nitrogens with one attached hydrogen (secondary N) is 2. The van der Waals surface area contributed by atoms with E-state index in [-0.39, 0.29) is 51.7 Å². The zero-order valence-electron chi connectivity index (χ0n) is 27.0. The highest BCUT2D eigenvalue weighted by atomic mass is 16.6. The molecule has 0 spiro atoms. The van der Waals surface area contributed by atoms with Gasteiger partial charge in [0.05, 0.1) is 5.60 Å². The summed E-state index contributed by atoms with van der Waals surface area (Å²) in [6.07, 6.45) is -1.10. The Hall–Kier alpha value is -4.82. The second kappa shape index (κ2) is 18.4. The Balaban J connectivity index is 1.51. The number of Topliss-reactive ketones (excluding diaryl/α,β-unsaturated/α-hetero) is 2. The lowest BCUT2D eigenvalue weighted by Crippen LogP contribution is -2.36. The van der Waals surface area contributed by atoms with Gasteiger partial charge in [-0.05, 0) is 76.2 Å². The van der Waals surface area contributed by atoms with Gasteiger partial charge in [0.1, 0.15) is 56.4 Å². The molecule has 2 aromatic carbocycles. The van der Waals surface area contributed by atoms with Gasteiger partial charge in [-0.1, -0.05) is 0 Å². The van der Waals surface area contributed by atoms with Crippen LogP contribution in [0.15, 0.2) is 48.5 Å². The lowest BCUT2D eigenvalue weighted by Gasteiger charge is -2.15. The van der Waals surface area contributed by atoms with Crippen molar-refractivity contribution < 1.29 is 57.9 Å². The van der Waals surface area contributed by atoms with Crippen LogP contribution in [0.5, 0.6) is 11.5 Å². The van der Waals surface area contributed by atoms with Crippen molar-refractivity contribution in [1.82, 2.24) is 10.6 Å². The Bertz CT molecular complexity index is 1370. The summed E-state index contributed by atoms with van der Waals surface area (Å²) in [7, 11) is 0. The Kier molecular flexibility index (Phi) is 15.0. The highest BCUT2D eigenvalue weighted by Crippen LogP contribution is 2.18. The van der Waals surface area contributed by atoms with Crippen molar-refractivity contribution in [2.75, 3.05) is 39.5 Å². The minimum Gasteiger partial charge on any atom is -0.490 e. The number of amides is 2. The average molecular weight is 659 g/mol. The fraction of sp³-hybridized carbons (Fsp3) is 0.455. The van der Waals surface area contributed by atoms with Gasteiger partial charge in [-0.3, -0.25) is 28.8 Å². The molecule has 47 heavy (non-hydrogen) atoms. The Morgan fingerprint density at radius 1 is 0.617 bits per heavy atom. The van der Waals surface area contributed by atoms with Crippen LogP contribution in [0.2, 0.25) is 0 Å². The number of rotatable bonds is 20. The van der Waals surface area contributed by atoms with Gasteiger partial charge in [0.2, 0.25) is 11.8 Å². The molecule has 14 nitrogen and oxygen atoms in total. The predicted octanol–water partition coefficient (Wildman–Crippen LogP) is 1.54. The van der Waals surface area contributed by atoms with Crippen LogP contribution in [0.1, 0.15) is 67.7 Å². The lowest BCUT2D eigenvalue weighted by molar-refractivity contribution is -0.148. The number of hydrogen-bond donors (Lipinski definition) is 4. The monoisotopic (exact) mass is 658 g/mol. The first kappa shape index (κ1) is 38.4. The Morgan fingerprint density at radius 3 is 1.40 bits per heavy atom. The van der Waals surface area contributed by atoms with Gasteiger partial charge in [0.15, 0.2) is 11.6 Å². The number of benzene rings is 2. The third-order valence-corrected chi connectivity index (χ3v) is 6.05. The van der Waals surface area contributed by atoms with Crippen molar-refractivity contribution in [3.8, 4) is 11.5 Å². The SMILES string of the molecule is CC(C)(O)CC(=O)c1ccc(OCCOC(=O)CC(=O)NCCNC(=O)CC(=O)OCCOc2ccc(C(=O)C(C)(C)O)cc2)cc1. The van der Waals surface area contributed by atoms with Crippen LogP contribution in [0.4, 0.5) is 0 Å². The van der Waals surface area contributed by atoms with Crippen LogP contribution in [-0.2, 0) is 28.7 Å². The molecule has 0 aromatic heterocycles. The summed E-state index contributed by atoms with van der Waals surface area (Å²) in [5, 5.41) is 24.5. The summed E-state index contributed by atoms with van der Waals surface area (Å²) in [5.41, 5.74) is -1.85. The normalized spacial score (nSPS) is 11.2. The van der Waals surface area contributed by atoms with E-state index >= 15 is 0 Å². The molecule has 2 amide bonds. The molecular formula is C33H42N2O12. The van der Waals surface area contributed by atoms with Crippen LogP contribution in [-0.4, -0.2) is 96.3 Å². The molecule has 0 aliphatic carbocycles. The standard InChI is InChI=1S/C33H42N2O12/c1-32(2,42)21-26(36)22-5-9-24(10-6-22)44-15-17-46-29(39)19-27(37)34-13-14-35-28(38)20-30(40)47-18-16-45-25-11-7-23(8-12-25)31(41)33(3,4)43/h5-12,42-43H,13-21H2,1-4H3,(H,34,37)(H,35,38). The van der Waals surface area contributed by atoms with E-state index in [1.807, 2.05) is 0 Å². The number of ether oxygens (including phenoxy) is 4. The fourth-order valence-electron chi connectivity index (χ4n) is 3.81. The van der Waals surface area contributed by atoms with E-state index in [9.17, 15) is 39.0 Å². The molecule has 0 bridgehead atoms. The zero-order chi connectivity index (χ0) is 35.0. The van der Waals surface area contributed by atoms with E-state index < -0.39 is 53.6 Å². The summed E-state index contributed by atoms with van der Waals surface area (Å²) in [6, 6.07) is 12.4. The number of aliphatic hydroxyl groups is 2. The maximum atomic E-state index is 12.1. The van der Waals surface area contributed by atoms with Crippen molar-refractivity contribution in [2.45, 2.75) is 58.2 Å². The van der Waals surface area contributed by atoms with Crippen molar-refractivity contribution >= 4 is 35.3 Å². The van der Waals surface area contributed by atoms with Gasteiger partial charge in [-0.25, -0.2) is 0 Å². The van der Waals surface area contributed by atoms with Crippen LogP contribution < -0.4 is 20.1 Å². The molecule has 0 fully saturated rings. The fourth-order valence-corrected chi connectivity index (χ4v) is 3.81. The van der Waals surface area contributed by atoms with Crippen molar-refractivity contribution in [1.29, 1.82) is 0 Å². The Labute approximate surface area is 272 Å². The summed E-state index contributed by atoms with van der Waals surface area (Å²) < 4.78 is 20.8. The molecule has 0 unspecified atom stereocenters. The Morgan fingerprint density at radius 2 is 1.02 bits per heavy atom. The maximum absolute atomic E-state index is 12.1. The summed E-state index contributed by atoms with van der Waals surface area (Å²) in [6.45, 7) is 5.72. The van der Waals surface area contributed by atoms with Crippen molar-refractivity contribution in [3.05, 3.63) is 59.7 Å². The first-order valence-electron chi connectivity index (χ1n) is 14.9. The third kappa shape index (κ3) is 15.8. The number of carbonyl (C=O) groups excluding carboxylic acids is 6. The van der Waals surface area contributed by atoms with Gasteiger partial charge < -0.3 is 39.8 Å². The van der Waals surface area contributed by atoms with E-state index in [4.69, 9.17) is 18.9 Å². The molecule has 0 saturated carbocycles. The molecule has 4 N–H and O–H groups in total. The predicted molar refractivity (Wildman–Crippen MR) is 167 cm³/mol. The summed E-state index contributed by atoms with van der Waals surface area (Å²) >= 11 is 0. The number of carbonyl (C=O) groups is 6. The van der Waals surface area contributed by atoms with Gasteiger partial charge in [-0.15, -0.1) is 0 Å². The van der Waals surface area contributed by atoms with Gasteiger partial charge >= 0.3 is 11.9 Å². The van der Waals surface area contributed by atoms with Crippen molar-refractivity contribution in [3.63, 3.8) is 0 Å². The second-order valence-corrected chi connectivity index (χ2v) is 11.5. The van der Waals surface area contributed by atoms with E-state index in [1.54, 1.807) is 50.2 Å². The van der Waals surface area contributed by atoms with Crippen LogP contribution >= 0.6 is 0 Å². The lowest BCUT2D eigenvalue weighted by atomic mass is 9.97. The van der Waals surface area contributed by atoms with E-state index in [0.29, 0.717) is 22.6 Å². The molecule has 0 heterocycles. The number of esters is 2. The van der Waals surface area contributed by atoms with E-state index in [1.165, 1.54) is 26.0 Å². The molecule has 2 rings (SSSR count). The highest BCUT2D eigenvalue weighted by molar-refractivity contribution is 6.01. The highest BCUT2D eigenvalue weighted by Gasteiger charge is 2.25. The topological polar surface area (TPSA) is 204 Å². The molecule has 0 atom stereocenters. The third-order valence-electron chi connectivity index (χ3n) is 6.05. The van der Waals surface area contributed by atoms with E-state index in [0.717, 1.165) is 0 Å². The molecule has 14 heteroatoms. The zero-order valence-corrected chi connectivity index (χ0v) is 27.0. The molecule has 0 aliphatic rings. The molecule has 0 radical (unpaired) electrons.